The third-order valence-electron chi connectivity index (χ3n) is 6.75. The average Bonchev–Trinajstić information content (AvgIpc) is 3.46. The second kappa shape index (κ2) is 14.7. The maximum atomic E-state index is 13.2. The Balaban J connectivity index is 1.70. The molecule has 0 spiro atoms. The molecule has 0 fully saturated rings. The highest BCUT2D eigenvalue weighted by Gasteiger charge is 2.20. The van der Waals surface area contributed by atoms with Crippen LogP contribution in [0.1, 0.15) is 52.5 Å². The highest BCUT2D eigenvalue weighted by Crippen LogP contribution is 2.30. The van der Waals surface area contributed by atoms with E-state index in [0.717, 1.165) is 35.1 Å². The van der Waals surface area contributed by atoms with Gasteiger partial charge in [-0.15, -0.1) is 10.2 Å². The van der Waals surface area contributed by atoms with Gasteiger partial charge in [0.1, 0.15) is 0 Å². The van der Waals surface area contributed by atoms with Gasteiger partial charge in [-0.3, -0.25) is 9.59 Å². The van der Waals surface area contributed by atoms with Gasteiger partial charge in [-0.1, -0.05) is 82.6 Å². The van der Waals surface area contributed by atoms with Crippen LogP contribution in [0.5, 0.6) is 0 Å². The summed E-state index contributed by atoms with van der Waals surface area (Å²) in [7, 11) is 0. The van der Waals surface area contributed by atoms with Crippen molar-refractivity contribution in [3.63, 3.8) is 0 Å². The number of hydrogen-bond acceptors (Lipinski definition) is 6. The molecule has 0 saturated carbocycles. The number of aromatic amines is 1. The molecule has 8 nitrogen and oxygen atoms in total. The third-order valence-corrected chi connectivity index (χ3v) is 7.19. The van der Waals surface area contributed by atoms with Crippen LogP contribution >= 0.6 is 12.6 Å². The van der Waals surface area contributed by atoms with Crippen molar-refractivity contribution >= 4 is 24.4 Å². The predicted octanol–water partition coefficient (Wildman–Crippen LogP) is 5.01. The van der Waals surface area contributed by atoms with Crippen molar-refractivity contribution < 1.29 is 9.59 Å². The van der Waals surface area contributed by atoms with Gasteiger partial charge in [-0.25, -0.2) is 0 Å². The second-order valence-corrected chi connectivity index (χ2v) is 10.7. The van der Waals surface area contributed by atoms with E-state index in [1.807, 2.05) is 41.3 Å². The molecule has 0 aliphatic heterocycles. The van der Waals surface area contributed by atoms with Crippen LogP contribution in [0.25, 0.3) is 22.5 Å². The maximum Gasteiger partial charge on any atom is 0.224 e. The maximum absolute atomic E-state index is 13.2. The summed E-state index contributed by atoms with van der Waals surface area (Å²) in [6, 6.07) is 16.1. The van der Waals surface area contributed by atoms with Gasteiger partial charge in [0.05, 0.1) is 0 Å². The lowest BCUT2D eigenvalue weighted by atomic mass is 9.98. The molecule has 1 aromatic heterocycles. The quantitative estimate of drug-likeness (QED) is 0.251. The van der Waals surface area contributed by atoms with Crippen molar-refractivity contribution in [2.24, 2.45) is 17.8 Å². The number of carbonyl (C=O) groups is 2. The minimum Gasteiger partial charge on any atom is -0.354 e. The molecule has 1 heterocycles. The first-order chi connectivity index (χ1) is 18.3. The van der Waals surface area contributed by atoms with Crippen molar-refractivity contribution in [3.05, 3.63) is 54.1 Å². The zero-order chi connectivity index (χ0) is 27.5. The Kier molecular flexibility index (Phi) is 11.3. The molecule has 2 N–H and O–H groups in total. The van der Waals surface area contributed by atoms with Crippen LogP contribution in [0.3, 0.4) is 0 Å². The molecule has 3 aromatic rings. The number of aromatic nitrogens is 4. The number of nitrogens with one attached hydrogen (secondary N) is 2. The van der Waals surface area contributed by atoms with Gasteiger partial charge in [0.25, 0.3) is 0 Å². The average molecular weight is 537 g/mol. The van der Waals surface area contributed by atoms with Crippen LogP contribution in [0.15, 0.2) is 48.5 Å². The van der Waals surface area contributed by atoms with Crippen LogP contribution in [0.4, 0.5) is 0 Å². The van der Waals surface area contributed by atoms with E-state index >= 15 is 0 Å². The van der Waals surface area contributed by atoms with Crippen LogP contribution in [0.2, 0.25) is 0 Å². The first-order valence-electron chi connectivity index (χ1n) is 13.4. The molecule has 2 atom stereocenters. The molecule has 3 rings (SSSR count). The van der Waals surface area contributed by atoms with Gasteiger partial charge in [0.2, 0.25) is 17.6 Å². The lowest BCUT2D eigenvalue weighted by molar-refractivity contribution is -0.133. The van der Waals surface area contributed by atoms with Gasteiger partial charge in [0, 0.05) is 43.3 Å². The molecule has 9 heteroatoms. The van der Waals surface area contributed by atoms with E-state index in [1.54, 1.807) is 0 Å². The van der Waals surface area contributed by atoms with E-state index in [1.165, 1.54) is 0 Å². The molecular weight excluding hydrogens is 496 g/mol. The molecule has 0 aliphatic carbocycles. The third kappa shape index (κ3) is 8.41. The first-order valence-corrected chi connectivity index (χ1v) is 14.0. The second-order valence-electron chi connectivity index (χ2n) is 10.3. The van der Waals surface area contributed by atoms with E-state index in [-0.39, 0.29) is 17.7 Å². The van der Waals surface area contributed by atoms with Crippen molar-refractivity contribution in [2.75, 3.05) is 18.8 Å². The lowest BCUT2D eigenvalue weighted by Crippen LogP contribution is -2.41. The standard InChI is InChI=1S/C29H40N6O2S/c1-5-21(4)17-27(36)35(15-14-30-29(37)24(19-38)16-20(2)3)18-22-10-12-23(13-11-22)25-8-6-7-9-26(25)28-31-33-34-32-28/h6-13,20-21,24,38H,5,14-19H2,1-4H3,(H,30,37)(H,31,32,33,34). The van der Waals surface area contributed by atoms with Crippen LogP contribution in [0, 0.1) is 17.8 Å². The van der Waals surface area contributed by atoms with Gasteiger partial charge in [-0.05, 0) is 40.2 Å². The fraction of sp³-hybridized carbons (Fsp3) is 0.483. The number of benzene rings is 2. The SMILES string of the molecule is CCC(C)CC(=O)N(CCNC(=O)C(CS)CC(C)C)Cc1ccc(-c2ccccc2-c2nn[nH]n2)cc1. The summed E-state index contributed by atoms with van der Waals surface area (Å²) in [6.45, 7) is 9.77. The summed E-state index contributed by atoms with van der Waals surface area (Å²) in [4.78, 5) is 27.7. The van der Waals surface area contributed by atoms with E-state index < -0.39 is 0 Å². The number of rotatable bonds is 14. The molecule has 2 unspecified atom stereocenters. The summed E-state index contributed by atoms with van der Waals surface area (Å²) in [5, 5.41) is 17.5. The first kappa shape index (κ1) is 29.4. The number of carbonyl (C=O) groups excluding carboxylic acids is 2. The Morgan fingerprint density at radius 3 is 2.37 bits per heavy atom. The fourth-order valence-corrected chi connectivity index (χ4v) is 4.69. The Morgan fingerprint density at radius 2 is 1.76 bits per heavy atom. The zero-order valence-electron chi connectivity index (χ0n) is 22.9. The molecular formula is C29H40N6O2S. The number of thiol groups is 1. The van der Waals surface area contributed by atoms with Crippen molar-refractivity contribution in [3.8, 4) is 22.5 Å². The Labute approximate surface area is 231 Å². The lowest BCUT2D eigenvalue weighted by Gasteiger charge is -2.25. The molecule has 204 valence electrons. The molecule has 0 radical (unpaired) electrons. The molecule has 38 heavy (non-hydrogen) atoms. The molecule has 2 amide bonds. The highest BCUT2D eigenvalue weighted by atomic mass is 32.1. The summed E-state index contributed by atoms with van der Waals surface area (Å²) < 4.78 is 0. The largest absolute Gasteiger partial charge is 0.354 e. The van der Waals surface area contributed by atoms with Crippen molar-refractivity contribution in [1.29, 1.82) is 0 Å². The Morgan fingerprint density at radius 1 is 1.05 bits per heavy atom. The van der Waals surface area contributed by atoms with Crippen LogP contribution in [-0.2, 0) is 16.1 Å². The van der Waals surface area contributed by atoms with E-state index in [4.69, 9.17) is 0 Å². The minimum atomic E-state index is -0.120. The summed E-state index contributed by atoms with van der Waals surface area (Å²) in [5.41, 5.74) is 3.96. The number of hydrogen-bond donors (Lipinski definition) is 3. The van der Waals surface area contributed by atoms with Crippen LogP contribution < -0.4 is 5.32 Å². The zero-order valence-corrected chi connectivity index (χ0v) is 23.7. The topological polar surface area (TPSA) is 104 Å². The molecule has 0 aliphatic rings. The fourth-order valence-electron chi connectivity index (χ4n) is 4.37. The number of tetrazole rings is 1. The van der Waals surface area contributed by atoms with Crippen LogP contribution in [-0.4, -0.2) is 56.2 Å². The molecule has 2 aromatic carbocycles. The van der Waals surface area contributed by atoms with E-state index in [2.05, 4.69) is 78.4 Å². The smallest absolute Gasteiger partial charge is 0.224 e. The van der Waals surface area contributed by atoms with Gasteiger partial charge in [-0.2, -0.15) is 17.8 Å². The molecule has 0 saturated heterocycles. The highest BCUT2D eigenvalue weighted by molar-refractivity contribution is 7.80. The molecule has 0 bridgehead atoms. The number of H-pyrrole nitrogens is 1. The Bertz CT molecular complexity index is 1150. The van der Waals surface area contributed by atoms with Crippen molar-refractivity contribution in [1.82, 2.24) is 30.8 Å². The summed E-state index contributed by atoms with van der Waals surface area (Å²) in [6.07, 6.45) is 2.24. The predicted molar refractivity (Wildman–Crippen MR) is 154 cm³/mol. The number of nitrogens with zero attached hydrogens (tertiary/aromatic N) is 4. The minimum absolute atomic E-state index is 0.00708. The number of amides is 2. The van der Waals surface area contributed by atoms with Crippen molar-refractivity contribution in [2.45, 2.75) is 53.5 Å². The summed E-state index contributed by atoms with van der Waals surface area (Å²) >= 11 is 4.36. The Hall–Kier alpha value is -3.20. The van der Waals surface area contributed by atoms with E-state index in [9.17, 15) is 9.59 Å². The normalized spacial score (nSPS) is 12.8. The van der Waals surface area contributed by atoms with Gasteiger partial charge < -0.3 is 10.2 Å². The summed E-state index contributed by atoms with van der Waals surface area (Å²) in [5.74, 6) is 1.79. The van der Waals surface area contributed by atoms with E-state index in [0.29, 0.717) is 49.5 Å². The monoisotopic (exact) mass is 536 g/mol. The van der Waals surface area contributed by atoms with Gasteiger partial charge in [0.15, 0.2) is 0 Å². The van der Waals surface area contributed by atoms with Gasteiger partial charge >= 0.3 is 0 Å².